The van der Waals surface area contributed by atoms with Crippen molar-refractivity contribution in [2.75, 3.05) is 12.5 Å². The summed E-state index contributed by atoms with van der Waals surface area (Å²) in [7, 11) is -5.80. The van der Waals surface area contributed by atoms with E-state index in [-0.39, 0.29) is 44.0 Å². The maximum absolute atomic E-state index is 13.4. The first-order valence-electron chi connectivity index (χ1n) is 9.97. The number of rotatable bonds is 7. The maximum atomic E-state index is 13.4. The molecule has 0 unspecified atom stereocenters. The van der Waals surface area contributed by atoms with E-state index in [1.807, 2.05) is 0 Å². The molecule has 0 aromatic carbocycles. The zero-order valence-electron chi connectivity index (χ0n) is 17.8. The van der Waals surface area contributed by atoms with Gasteiger partial charge in [0.25, 0.3) is 0 Å². The minimum atomic E-state index is -4.33. The van der Waals surface area contributed by atoms with Crippen LogP contribution in [-0.2, 0) is 4.74 Å². The van der Waals surface area contributed by atoms with Gasteiger partial charge in [-0.05, 0) is 25.7 Å². The molecule has 13 heteroatoms. The van der Waals surface area contributed by atoms with Crippen molar-refractivity contribution in [3.63, 3.8) is 0 Å². The first-order valence-corrected chi connectivity index (χ1v) is 16.4. The van der Waals surface area contributed by atoms with Crippen molar-refractivity contribution in [2.24, 2.45) is 0 Å². The molecule has 0 radical (unpaired) electrons. The summed E-state index contributed by atoms with van der Waals surface area (Å²) >= 11 is 0. The lowest BCUT2D eigenvalue weighted by Gasteiger charge is -2.33. The third-order valence-electron chi connectivity index (χ3n) is 7.07. The summed E-state index contributed by atoms with van der Waals surface area (Å²) in [4.78, 5) is 12.2. The van der Waals surface area contributed by atoms with Crippen molar-refractivity contribution in [1.29, 1.82) is 0 Å². The second-order valence-corrected chi connectivity index (χ2v) is 19.9. The number of carbonyl (C=O) groups is 1. The van der Waals surface area contributed by atoms with E-state index < -0.39 is 44.7 Å². The van der Waals surface area contributed by atoms with E-state index in [2.05, 4.69) is 5.10 Å². The number of ether oxygens (including phenoxy) is 2. The normalized spacial score (nSPS) is 20.3. The topological polar surface area (TPSA) is 53.4 Å². The van der Waals surface area contributed by atoms with Crippen molar-refractivity contribution < 1.29 is 40.6 Å². The first kappa shape index (κ1) is 24.1. The molecule has 5 nitrogen and oxygen atoms in total. The van der Waals surface area contributed by atoms with Gasteiger partial charge in [-0.25, -0.2) is 4.79 Å². The zero-order chi connectivity index (χ0) is 23.5. The Labute approximate surface area is 178 Å². The van der Waals surface area contributed by atoms with Crippen LogP contribution < -0.4 is 4.74 Å². The van der Waals surface area contributed by atoms with Crippen LogP contribution in [0.5, 0.6) is 5.88 Å². The molecule has 0 N–H and O–H groups in total. The Morgan fingerprint density at radius 1 is 0.968 bits per heavy atom. The standard InChI is InChI=1S/C18H26F6N2O3Si2/c1-30(2,15(6-7-15)17(19,20)21)11-28-13-5-10-26(25-13)14(27)29-12-31(3,4)16(8-9-16)18(22,23)24/h5,10H,6-9,11-12H2,1-4H3. The monoisotopic (exact) mass is 488 g/mol. The van der Waals surface area contributed by atoms with Gasteiger partial charge in [0.2, 0.25) is 5.88 Å². The van der Waals surface area contributed by atoms with Crippen LogP contribution in [0.2, 0.25) is 36.3 Å². The van der Waals surface area contributed by atoms with E-state index in [9.17, 15) is 31.1 Å². The second kappa shape index (κ2) is 7.25. The summed E-state index contributed by atoms with van der Waals surface area (Å²) in [6.07, 6.45) is -8.47. The van der Waals surface area contributed by atoms with Crippen molar-refractivity contribution in [3.05, 3.63) is 12.3 Å². The highest BCUT2D eigenvalue weighted by Gasteiger charge is 2.72. The highest BCUT2D eigenvalue weighted by atomic mass is 28.3. The van der Waals surface area contributed by atoms with Gasteiger partial charge >= 0.3 is 18.4 Å². The van der Waals surface area contributed by atoms with E-state index in [1.165, 1.54) is 12.3 Å². The summed E-state index contributed by atoms with van der Waals surface area (Å²) in [5, 5.41) is 0.471. The van der Waals surface area contributed by atoms with Crippen LogP contribution in [-0.4, -0.2) is 56.8 Å². The molecular formula is C18H26F6N2O3Si2. The Balaban J connectivity index is 1.57. The van der Waals surface area contributed by atoms with Crippen molar-refractivity contribution in [3.8, 4) is 5.88 Å². The first-order chi connectivity index (χ1) is 14.0. The smallest absolute Gasteiger partial charge is 0.434 e. The van der Waals surface area contributed by atoms with E-state index in [0.29, 0.717) is 0 Å². The Hall–Kier alpha value is -1.51. The Morgan fingerprint density at radius 3 is 1.84 bits per heavy atom. The van der Waals surface area contributed by atoms with Gasteiger partial charge in [0.05, 0.1) is 22.5 Å². The molecule has 0 spiro atoms. The molecule has 2 fully saturated rings. The largest absolute Gasteiger partial charge is 0.480 e. The Kier molecular flexibility index (Phi) is 5.65. The third kappa shape index (κ3) is 4.14. The summed E-state index contributed by atoms with van der Waals surface area (Å²) in [6, 6.07) is 1.32. The zero-order valence-corrected chi connectivity index (χ0v) is 19.8. The van der Waals surface area contributed by atoms with Crippen molar-refractivity contribution >= 4 is 22.2 Å². The van der Waals surface area contributed by atoms with E-state index >= 15 is 0 Å². The fourth-order valence-electron chi connectivity index (χ4n) is 4.26. The lowest BCUT2D eigenvalue weighted by Crippen LogP contribution is -2.48. The van der Waals surface area contributed by atoms with Crippen LogP contribution >= 0.6 is 0 Å². The van der Waals surface area contributed by atoms with Crippen molar-refractivity contribution in [2.45, 2.75) is 74.3 Å². The highest BCUT2D eigenvalue weighted by molar-refractivity contribution is 6.82. The molecular weight excluding hydrogens is 462 g/mol. The van der Waals surface area contributed by atoms with Crippen LogP contribution in [0.1, 0.15) is 25.7 Å². The third-order valence-corrected chi connectivity index (χ3v) is 15.5. The summed E-state index contributed by atoms with van der Waals surface area (Å²) in [5.74, 6) is -0.0269. The molecule has 0 atom stereocenters. The fourth-order valence-corrected chi connectivity index (χ4v) is 10.3. The van der Waals surface area contributed by atoms with Gasteiger partial charge in [0.15, 0.2) is 0 Å². The molecule has 31 heavy (non-hydrogen) atoms. The number of nitrogens with zero attached hydrogens (tertiary/aromatic N) is 2. The summed E-state index contributed by atoms with van der Waals surface area (Å²) in [5.41, 5.74) is 0. The number of aromatic nitrogens is 2. The molecule has 0 aliphatic heterocycles. The van der Waals surface area contributed by atoms with Crippen LogP contribution in [0.25, 0.3) is 0 Å². The molecule has 3 rings (SSSR count). The van der Waals surface area contributed by atoms with Gasteiger partial charge in [0.1, 0.15) is 16.1 Å². The van der Waals surface area contributed by atoms with Gasteiger partial charge < -0.3 is 9.47 Å². The molecule has 1 aromatic rings. The fraction of sp³-hybridized carbons (Fsp3) is 0.778. The molecule has 0 amide bonds. The predicted molar refractivity (Wildman–Crippen MR) is 105 cm³/mol. The minimum absolute atomic E-state index is 0.0269. The van der Waals surface area contributed by atoms with Gasteiger partial charge in [-0.3, -0.25) is 0 Å². The number of hydrogen-bond acceptors (Lipinski definition) is 4. The lowest BCUT2D eigenvalue weighted by molar-refractivity contribution is -0.144. The molecule has 1 heterocycles. The average molecular weight is 489 g/mol. The van der Waals surface area contributed by atoms with Gasteiger partial charge in [-0.15, -0.1) is 5.10 Å². The highest BCUT2D eigenvalue weighted by Crippen LogP contribution is 2.70. The molecule has 2 saturated carbocycles. The number of hydrogen-bond donors (Lipinski definition) is 0. The van der Waals surface area contributed by atoms with Crippen LogP contribution in [0.4, 0.5) is 31.1 Å². The van der Waals surface area contributed by atoms with E-state index in [4.69, 9.17) is 9.47 Å². The molecule has 2 aliphatic carbocycles. The number of alkyl halides is 6. The second-order valence-electron chi connectivity index (χ2n) is 9.87. The number of halogens is 6. The molecule has 0 bridgehead atoms. The Bertz CT molecular complexity index is 842. The van der Waals surface area contributed by atoms with Crippen LogP contribution in [0.15, 0.2) is 12.3 Å². The molecule has 2 aliphatic rings. The molecule has 1 aromatic heterocycles. The van der Waals surface area contributed by atoms with Crippen LogP contribution in [0, 0.1) is 0 Å². The average Bonchev–Trinajstić information content (AvgIpc) is 3.51. The Morgan fingerprint density at radius 2 is 1.42 bits per heavy atom. The predicted octanol–water partition coefficient (Wildman–Crippen LogP) is 5.93. The quantitative estimate of drug-likeness (QED) is 0.352. The van der Waals surface area contributed by atoms with Crippen molar-refractivity contribution in [1.82, 2.24) is 9.78 Å². The SMILES string of the molecule is C[Si](C)(COC(=O)n1ccc(OC[Si](C)(C)C2(C(F)(F)F)CC2)n1)C1(C(F)(F)F)CC1. The van der Waals surface area contributed by atoms with E-state index in [0.717, 1.165) is 4.68 Å². The summed E-state index contributed by atoms with van der Waals surface area (Å²) in [6.45, 7) is 6.30. The molecule has 0 saturated heterocycles. The lowest BCUT2D eigenvalue weighted by atomic mass is 10.4. The van der Waals surface area contributed by atoms with Gasteiger partial charge in [-0.2, -0.15) is 31.0 Å². The van der Waals surface area contributed by atoms with Gasteiger partial charge in [-0.1, -0.05) is 26.2 Å². The van der Waals surface area contributed by atoms with Crippen LogP contribution in [0.3, 0.4) is 0 Å². The van der Waals surface area contributed by atoms with E-state index in [1.54, 1.807) is 26.2 Å². The summed E-state index contributed by atoms with van der Waals surface area (Å²) < 4.78 is 91.7. The van der Waals surface area contributed by atoms with Gasteiger partial charge in [0, 0.05) is 12.3 Å². The number of carbonyl (C=O) groups excluding carboxylic acids is 1. The minimum Gasteiger partial charge on any atom is -0.480 e. The molecule has 176 valence electrons. The maximum Gasteiger partial charge on any atom is 0.434 e.